The van der Waals surface area contributed by atoms with E-state index in [1.54, 1.807) is 25.3 Å². The number of ether oxygens (including phenoxy) is 1. The Labute approximate surface area is 145 Å². The van der Waals surface area contributed by atoms with E-state index in [1.165, 1.54) is 13.4 Å². The Hall–Kier alpha value is -2.90. The number of piperidine rings is 1. The standard InChI is InChI=1S/C17H20N4O4/c1-11-19-14(10-25-11)16(22)20-13-4-7-21(8-5-13)15-9-12(3-6-18-15)17(23)24-2/h3,6,9-10,13H,4-5,7-8H2,1-2H3,(H,20,22). The number of hydrogen-bond acceptors (Lipinski definition) is 7. The number of esters is 1. The van der Waals surface area contributed by atoms with Gasteiger partial charge in [0.05, 0.1) is 12.7 Å². The van der Waals surface area contributed by atoms with Gasteiger partial charge in [-0.05, 0) is 25.0 Å². The smallest absolute Gasteiger partial charge is 0.338 e. The maximum absolute atomic E-state index is 12.1. The molecule has 1 aliphatic heterocycles. The van der Waals surface area contributed by atoms with Crippen molar-refractivity contribution in [3.05, 3.63) is 41.7 Å². The molecule has 8 heteroatoms. The van der Waals surface area contributed by atoms with Gasteiger partial charge >= 0.3 is 5.97 Å². The second-order valence-corrected chi connectivity index (χ2v) is 5.88. The number of rotatable bonds is 4. The largest absolute Gasteiger partial charge is 0.465 e. The predicted octanol–water partition coefficient (Wildman–Crippen LogP) is 1.56. The van der Waals surface area contributed by atoms with E-state index in [0.29, 0.717) is 17.1 Å². The molecular weight excluding hydrogens is 324 g/mol. The molecule has 0 radical (unpaired) electrons. The molecule has 0 spiro atoms. The summed E-state index contributed by atoms with van der Waals surface area (Å²) in [7, 11) is 1.35. The van der Waals surface area contributed by atoms with Crippen LogP contribution in [-0.2, 0) is 4.74 Å². The van der Waals surface area contributed by atoms with Crippen LogP contribution in [0.15, 0.2) is 29.0 Å². The van der Waals surface area contributed by atoms with Crippen LogP contribution in [-0.4, -0.2) is 48.1 Å². The zero-order valence-electron chi connectivity index (χ0n) is 14.2. The van der Waals surface area contributed by atoms with Crippen LogP contribution in [0.2, 0.25) is 0 Å². The molecule has 132 valence electrons. The number of hydrogen-bond donors (Lipinski definition) is 1. The van der Waals surface area contributed by atoms with E-state index in [0.717, 1.165) is 31.7 Å². The summed E-state index contributed by atoms with van der Waals surface area (Å²) in [6.07, 6.45) is 4.53. The molecule has 0 bridgehead atoms. The SMILES string of the molecule is COC(=O)c1ccnc(N2CCC(NC(=O)c3coc(C)n3)CC2)c1. The van der Waals surface area contributed by atoms with E-state index in [1.807, 2.05) is 0 Å². The summed E-state index contributed by atoms with van der Waals surface area (Å²) >= 11 is 0. The minimum atomic E-state index is -0.381. The summed E-state index contributed by atoms with van der Waals surface area (Å²) in [4.78, 5) is 34.2. The minimum Gasteiger partial charge on any atom is -0.465 e. The number of methoxy groups -OCH3 is 1. The van der Waals surface area contributed by atoms with Crippen LogP contribution in [0.3, 0.4) is 0 Å². The van der Waals surface area contributed by atoms with Gasteiger partial charge in [-0.1, -0.05) is 0 Å². The van der Waals surface area contributed by atoms with E-state index >= 15 is 0 Å². The Kier molecular flexibility index (Phi) is 4.97. The first-order valence-electron chi connectivity index (χ1n) is 8.09. The van der Waals surface area contributed by atoms with Gasteiger partial charge in [-0.3, -0.25) is 4.79 Å². The highest BCUT2D eigenvalue weighted by Gasteiger charge is 2.23. The van der Waals surface area contributed by atoms with Gasteiger partial charge in [0.15, 0.2) is 11.6 Å². The van der Waals surface area contributed by atoms with Crippen molar-refractivity contribution in [3.63, 3.8) is 0 Å². The molecule has 0 unspecified atom stereocenters. The number of oxazole rings is 1. The maximum atomic E-state index is 12.1. The molecule has 1 amide bonds. The molecule has 3 rings (SSSR count). The zero-order chi connectivity index (χ0) is 17.8. The summed E-state index contributed by atoms with van der Waals surface area (Å²) < 4.78 is 9.80. The Bertz CT molecular complexity index is 766. The predicted molar refractivity (Wildman–Crippen MR) is 89.5 cm³/mol. The second kappa shape index (κ2) is 7.33. The molecule has 2 aromatic rings. The number of anilines is 1. The Morgan fingerprint density at radius 3 is 2.76 bits per heavy atom. The third-order valence-corrected chi connectivity index (χ3v) is 4.17. The number of nitrogens with zero attached hydrogens (tertiary/aromatic N) is 3. The lowest BCUT2D eigenvalue weighted by molar-refractivity contribution is 0.0600. The molecule has 1 saturated heterocycles. The first-order valence-corrected chi connectivity index (χ1v) is 8.09. The van der Waals surface area contributed by atoms with Crippen molar-refractivity contribution < 1.29 is 18.7 Å². The molecule has 0 saturated carbocycles. The van der Waals surface area contributed by atoms with Crippen LogP contribution in [0.5, 0.6) is 0 Å². The fourth-order valence-electron chi connectivity index (χ4n) is 2.82. The zero-order valence-corrected chi connectivity index (χ0v) is 14.2. The van der Waals surface area contributed by atoms with Gasteiger partial charge in [-0.25, -0.2) is 14.8 Å². The van der Waals surface area contributed by atoms with Gasteiger partial charge in [0.1, 0.15) is 12.1 Å². The molecule has 0 aromatic carbocycles. The van der Waals surface area contributed by atoms with Gasteiger partial charge in [-0.15, -0.1) is 0 Å². The Morgan fingerprint density at radius 1 is 1.36 bits per heavy atom. The van der Waals surface area contributed by atoms with Crippen LogP contribution in [0.1, 0.15) is 39.6 Å². The third kappa shape index (κ3) is 3.96. The van der Waals surface area contributed by atoms with Crippen LogP contribution in [0.25, 0.3) is 0 Å². The van der Waals surface area contributed by atoms with E-state index in [-0.39, 0.29) is 17.9 Å². The molecular formula is C17H20N4O4. The first kappa shape index (κ1) is 16.9. The summed E-state index contributed by atoms with van der Waals surface area (Å²) in [5.41, 5.74) is 0.775. The Morgan fingerprint density at radius 2 is 2.12 bits per heavy atom. The highest BCUT2D eigenvalue weighted by Crippen LogP contribution is 2.19. The third-order valence-electron chi connectivity index (χ3n) is 4.17. The maximum Gasteiger partial charge on any atom is 0.338 e. The lowest BCUT2D eigenvalue weighted by atomic mass is 10.0. The second-order valence-electron chi connectivity index (χ2n) is 5.88. The van der Waals surface area contributed by atoms with Crippen LogP contribution >= 0.6 is 0 Å². The van der Waals surface area contributed by atoms with E-state index in [2.05, 4.69) is 20.2 Å². The van der Waals surface area contributed by atoms with Gasteiger partial charge in [0.25, 0.3) is 5.91 Å². The average molecular weight is 344 g/mol. The molecule has 1 N–H and O–H groups in total. The van der Waals surface area contributed by atoms with Crippen molar-refractivity contribution in [2.24, 2.45) is 0 Å². The molecule has 0 aliphatic carbocycles. The van der Waals surface area contributed by atoms with Crippen LogP contribution in [0.4, 0.5) is 5.82 Å². The highest BCUT2D eigenvalue weighted by atomic mass is 16.5. The van der Waals surface area contributed by atoms with Crippen LogP contribution in [0, 0.1) is 6.92 Å². The summed E-state index contributed by atoms with van der Waals surface area (Å²) in [5, 5.41) is 2.98. The molecule has 8 nitrogen and oxygen atoms in total. The molecule has 25 heavy (non-hydrogen) atoms. The van der Waals surface area contributed by atoms with Gasteiger partial charge in [-0.2, -0.15) is 0 Å². The molecule has 2 aromatic heterocycles. The fourth-order valence-corrected chi connectivity index (χ4v) is 2.82. The summed E-state index contributed by atoms with van der Waals surface area (Å²) in [6, 6.07) is 3.43. The van der Waals surface area contributed by atoms with Crippen molar-refractivity contribution in [3.8, 4) is 0 Å². The van der Waals surface area contributed by atoms with Crippen molar-refractivity contribution in [1.29, 1.82) is 0 Å². The molecule has 3 heterocycles. The van der Waals surface area contributed by atoms with Gasteiger partial charge < -0.3 is 19.4 Å². The number of aromatic nitrogens is 2. The molecule has 0 atom stereocenters. The fraction of sp³-hybridized carbons (Fsp3) is 0.412. The Balaban J connectivity index is 1.57. The number of nitrogens with one attached hydrogen (secondary N) is 1. The lowest BCUT2D eigenvalue weighted by Crippen LogP contribution is -2.45. The van der Waals surface area contributed by atoms with E-state index < -0.39 is 0 Å². The minimum absolute atomic E-state index is 0.0737. The van der Waals surface area contributed by atoms with E-state index in [4.69, 9.17) is 9.15 Å². The summed E-state index contributed by atoms with van der Waals surface area (Å²) in [6.45, 7) is 3.17. The molecule has 1 fully saturated rings. The summed E-state index contributed by atoms with van der Waals surface area (Å²) in [5.74, 6) is 0.603. The van der Waals surface area contributed by atoms with E-state index in [9.17, 15) is 9.59 Å². The average Bonchev–Trinajstić information content (AvgIpc) is 3.08. The van der Waals surface area contributed by atoms with Crippen molar-refractivity contribution in [2.75, 3.05) is 25.1 Å². The number of carbonyl (C=O) groups is 2. The number of aryl methyl sites for hydroxylation is 1. The number of pyridine rings is 1. The van der Waals surface area contributed by atoms with Crippen molar-refractivity contribution in [1.82, 2.24) is 15.3 Å². The van der Waals surface area contributed by atoms with Crippen LogP contribution < -0.4 is 10.2 Å². The highest BCUT2D eigenvalue weighted by molar-refractivity contribution is 5.92. The monoisotopic (exact) mass is 344 g/mol. The van der Waals surface area contributed by atoms with Gasteiger partial charge in [0, 0.05) is 32.3 Å². The van der Waals surface area contributed by atoms with Crippen molar-refractivity contribution >= 4 is 17.7 Å². The first-order chi connectivity index (χ1) is 12.1. The van der Waals surface area contributed by atoms with Gasteiger partial charge in [0.2, 0.25) is 0 Å². The topological polar surface area (TPSA) is 97.6 Å². The quantitative estimate of drug-likeness (QED) is 0.841. The number of carbonyl (C=O) groups excluding carboxylic acids is 2. The number of amides is 1. The normalized spacial score (nSPS) is 15.0. The van der Waals surface area contributed by atoms with Crippen molar-refractivity contribution in [2.45, 2.75) is 25.8 Å². The lowest BCUT2D eigenvalue weighted by Gasteiger charge is -2.33. The molecule has 1 aliphatic rings.